The molecule has 0 N–H and O–H groups in total. The molecule has 0 spiro atoms. The van der Waals surface area contributed by atoms with Crippen LogP contribution >= 0.6 is 11.3 Å². The molecule has 0 radical (unpaired) electrons. The van der Waals surface area contributed by atoms with Gasteiger partial charge in [-0.25, -0.2) is 0 Å². The Morgan fingerprint density at radius 3 is 2.56 bits per heavy atom. The third-order valence-corrected chi connectivity index (χ3v) is 3.29. The van der Waals surface area contributed by atoms with Gasteiger partial charge >= 0.3 is 0 Å². The molecule has 2 rings (SSSR count). The third-order valence-electron chi connectivity index (χ3n) is 2.50. The van der Waals surface area contributed by atoms with Gasteiger partial charge in [-0.3, -0.25) is 0 Å². The van der Waals surface area contributed by atoms with E-state index in [2.05, 4.69) is 54.5 Å². The van der Waals surface area contributed by atoms with Gasteiger partial charge in [0.1, 0.15) is 0 Å². The van der Waals surface area contributed by atoms with Crippen LogP contribution in [0.25, 0.3) is 0 Å². The van der Waals surface area contributed by atoms with Crippen LogP contribution in [0.2, 0.25) is 0 Å². The van der Waals surface area contributed by atoms with Crippen molar-refractivity contribution >= 4 is 11.3 Å². The normalized spacial score (nSPS) is 11.6. The summed E-state index contributed by atoms with van der Waals surface area (Å²) < 4.78 is 0. The summed E-state index contributed by atoms with van der Waals surface area (Å²) in [5, 5.41) is 2.06. The summed E-state index contributed by atoms with van der Waals surface area (Å²) in [4.78, 5) is 1.15. The average molecular weight is 226 g/mol. The first kappa shape index (κ1) is 11.0. The first-order valence-electron chi connectivity index (χ1n) is 5.50. The lowest BCUT2D eigenvalue weighted by atomic mass is 9.97. The van der Waals surface area contributed by atoms with Crippen molar-refractivity contribution in [2.24, 2.45) is 0 Å². The summed E-state index contributed by atoms with van der Waals surface area (Å²) in [5.74, 6) is 6.94. The van der Waals surface area contributed by atoms with Gasteiger partial charge in [-0.2, -0.15) is 0 Å². The Labute approximate surface area is 101 Å². The zero-order valence-electron chi connectivity index (χ0n) is 9.31. The summed E-state index contributed by atoms with van der Waals surface area (Å²) in [6.45, 7) is 2.18. The summed E-state index contributed by atoms with van der Waals surface area (Å²) in [7, 11) is 0. The van der Waals surface area contributed by atoms with E-state index < -0.39 is 0 Å². The molecule has 0 saturated carbocycles. The molecular weight excluding hydrogens is 212 g/mol. The van der Waals surface area contributed by atoms with Crippen LogP contribution in [0.4, 0.5) is 0 Å². The van der Waals surface area contributed by atoms with Crippen LogP contribution in [0.1, 0.15) is 29.7 Å². The average Bonchev–Trinajstić information content (AvgIpc) is 2.84. The molecule has 80 valence electrons. The number of hydrogen-bond donors (Lipinski definition) is 0. The van der Waals surface area contributed by atoms with Crippen molar-refractivity contribution in [3.05, 3.63) is 58.3 Å². The van der Waals surface area contributed by atoms with E-state index in [0.29, 0.717) is 5.92 Å². The quantitative estimate of drug-likeness (QED) is 0.670. The molecule has 0 aliphatic rings. The maximum atomic E-state index is 3.35. The maximum absolute atomic E-state index is 3.35. The Morgan fingerprint density at radius 1 is 1.12 bits per heavy atom. The third kappa shape index (κ3) is 2.74. The fourth-order valence-electron chi connectivity index (χ4n) is 1.61. The van der Waals surface area contributed by atoms with E-state index in [1.807, 2.05) is 12.1 Å². The van der Waals surface area contributed by atoms with E-state index in [9.17, 15) is 0 Å². The molecule has 1 aromatic carbocycles. The van der Waals surface area contributed by atoms with Gasteiger partial charge in [0.25, 0.3) is 0 Å². The minimum Gasteiger partial charge on any atom is -0.135 e. The Hall–Kier alpha value is -1.52. The Balaban J connectivity index is 2.18. The number of thiophene rings is 1. The molecule has 0 amide bonds. The fraction of sp³-hybridized carbons (Fsp3) is 0.200. The van der Waals surface area contributed by atoms with E-state index in [0.717, 1.165) is 11.3 Å². The summed E-state index contributed by atoms with van der Waals surface area (Å²) >= 11 is 1.70. The van der Waals surface area contributed by atoms with Crippen LogP contribution in [0.15, 0.2) is 47.8 Å². The Bertz CT molecular complexity index is 471. The number of hydrogen-bond acceptors (Lipinski definition) is 1. The molecule has 1 heterocycles. The molecule has 1 atom stereocenters. The van der Waals surface area contributed by atoms with Crippen molar-refractivity contribution in [3.8, 4) is 11.8 Å². The highest BCUT2D eigenvalue weighted by Crippen LogP contribution is 2.18. The van der Waals surface area contributed by atoms with Crippen molar-refractivity contribution in [2.75, 3.05) is 0 Å². The first-order valence-corrected chi connectivity index (χ1v) is 6.38. The number of benzene rings is 1. The van der Waals surface area contributed by atoms with Crippen molar-refractivity contribution in [2.45, 2.75) is 19.3 Å². The maximum Gasteiger partial charge on any atom is 0.0768 e. The monoisotopic (exact) mass is 226 g/mol. The van der Waals surface area contributed by atoms with Crippen LogP contribution in [0.3, 0.4) is 0 Å². The predicted molar refractivity (Wildman–Crippen MR) is 70.7 cm³/mol. The summed E-state index contributed by atoms with van der Waals surface area (Å²) in [6.07, 6.45) is 1.06. The minimum absolute atomic E-state index is 0.350. The van der Waals surface area contributed by atoms with Gasteiger partial charge in [-0.15, -0.1) is 11.3 Å². The second-order valence-corrected chi connectivity index (χ2v) is 4.57. The molecule has 0 aliphatic heterocycles. The second kappa shape index (κ2) is 5.53. The SMILES string of the molecule is CCC(C#Cc1cccs1)c1ccccc1. The van der Waals surface area contributed by atoms with Crippen LogP contribution in [-0.2, 0) is 0 Å². The fourth-order valence-corrected chi connectivity index (χ4v) is 2.19. The van der Waals surface area contributed by atoms with E-state index >= 15 is 0 Å². The molecule has 0 bridgehead atoms. The van der Waals surface area contributed by atoms with Gasteiger partial charge in [-0.1, -0.05) is 55.2 Å². The van der Waals surface area contributed by atoms with E-state index in [1.165, 1.54) is 5.56 Å². The molecule has 1 aromatic heterocycles. The Morgan fingerprint density at radius 2 is 1.94 bits per heavy atom. The summed E-state index contributed by atoms with van der Waals surface area (Å²) in [6, 6.07) is 14.6. The highest BCUT2D eigenvalue weighted by molar-refractivity contribution is 7.10. The van der Waals surface area contributed by atoms with Crippen LogP contribution in [0, 0.1) is 11.8 Å². The molecule has 16 heavy (non-hydrogen) atoms. The van der Waals surface area contributed by atoms with Crippen LogP contribution < -0.4 is 0 Å². The van der Waals surface area contributed by atoms with Crippen molar-refractivity contribution in [1.82, 2.24) is 0 Å². The first-order chi connectivity index (χ1) is 7.90. The zero-order valence-corrected chi connectivity index (χ0v) is 10.1. The van der Waals surface area contributed by atoms with Gasteiger partial charge in [0.05, 0.1) is 4.88 Å². The molecule has 2 aromatic rings. The molecule has 0 nitrogen and oxygen atoms in total. The lowest BCUT2D eigenvalue weighted by Crippen LogP contribution is -1.92. The van der Waals surface area contributed by atoms with E-state index in [-0.39, 0.29) is 0 Å². The smallest absolute Gasteiger partial charge is 0.0768 e. The summed E-state index contributed by atoms with van der Waals surface area (Å²) in [5.41, 5.74) is 1.31. The topological polar surface area (TPSA) is 0 Å². The van der Waals surface area contributed by atoms with Gasteiger partial charge in [0.2, 0.25) is 0 Å². The molecular formula is C15H14S. The van der Waals surface area contributed by atoms with Crippen molar-refractivity contribution < 1.29 is 0 Å². The van der Waals surface area contributed by atoms with Crippen LogP contribution in [-0.4, -0.2) is 0 Å². The van der Waals surface area contributed by atoms with E-state index in [1.54, 1.807) is 11.3 Å². The molecule has 0 aliphatic carbocycles. The van der Waals surface area contributed by atoms with Gasteiger partial charge in [0.15, 0.2) is 0 Å². The lowest BCUT2D eigenvalue weighted by molar-refractivity contribution is 0.830. The van der Waals surface area contributed by atoms with Crippen molar-refractivity contribution in [3.63, 3.8) is 0 Å². The zero-order chi connectivity index (χ0) is 11.2. The molecule has 0 fully saturated rings. The highest BCUT2D eigenvalue weighted by atomic mass is 32.1. The number of rotatable bonds is 2. The lowest BCUT2D eigenvalue weighted by Gasteiger charge is -2.06. The molecule has 1 heteroatoms. The highest BCUT2D eigenvalue weighted by Gasteiger charge is 2.03. The Kier molecular flexibility index (Phi) is 3.80. The predicted octanol–water partition coefficient (Wildman–Crippen LogP) is 4.29. The van der Waals surface area contributed by atoms with Crippen LogP contribution in [0.5, 0.6) is 0 Å². The van der Waals surface area contributed by atoms with Gasteiger partial charge in [-0.05, 0) is 23.4 Å². The standard InChI is InChI=1S/C15H14S/c1-2-13(14-7-4-3-5-8-14)10-11-15-9-6-12-16-15/h3-9,12-13H,2H2,1H3. The van der Waals surface area contributed by atoms with Crippen molar-refractivity contribution in [1.29, 1.82) is 0 Å². The molecule has 0 saturated heterocycles. The second-order valence-electron chi connectivity index (χ2n) is 3.62. The largest absolute Gasteiger partial charge is 0.135 e. The van der Waals surface area contributed by atoms with Gasteiger partial charge in [0, 0.05) is 5.92 Å². The molecule has 1 unspecified atom stereocenters. The van der Waals surface area contributed by atoms with Gasteiger partial charge < -0.3 is 0 Å². The minimum atomic E-state index is 0.350. The van der Waals surface area contributed by atoms with E-state index in [4.69, 9.17) is 0 Å².